The minimum absolute atomic E-state index is 0.121. The molecule has 0 radical (unpaired) electrons. The van der Waals surface area contributed by atoms with Gasteiger partial charge in [-0.2, -0.15) is 12.7 Å². The number of hydrogen-bond donors (Lipinski definition) is 1. The number of hydrogen-bond acceptors (Lipinski definition) is 4. The second kappa shape index (κ2) is 13.2. The van der Waals surface area contributed by atoms with Crippen LogP contribution in [-0.4, -0.2) is 61.7 Å². The van der Waals surface area contributed by atoms with Gasteiger partial charge in [0.05, 0.1) is 5.69 Å². The van der Waals surface area contributed by atoms with Crippen molar-refractivity contribution in [2.75, 3.05) is 24.9 Å². The van der Waals surface area contributed by atoms with Gasteiger partial charge in [0.2, 0.25) is 11.8 Å². The first-order chi connectivity index (χ1) is 19.2. The Morgan fingerprint density at radius 1 is 0.854 bits per heavy atom. The highest BCUT2D eigenvalue weighted by atomic mass is 32.2. The van der Waals surface area contributed by atoms with Gasteiger partial charge in [0.15, 0.2) is 0 Å². The Morgan fingerprint density at radius 3 is 2.00 bits per heavy atom. The summed E-state index contributed by atoms with van der Waals surface area (Å²) in [6.45, 7) is 4.51. The molecule has 0 aliphatic rings. The van der Waals surface area contributed by atoms with Gasteiger partial charge >= 0.3 is 10.2 Å². The zero-order chi connectivity index (χ0) is 30.4. The molecule has 41 heavy (non-hydrogen) atoms. The minimum atomic E-state index is -4.33. The summed E-state index contributed by atoms with van der Waals surface area (Å²) in [6, 6.07) is 18.7. The monoisotopic (exact) mass is 586 g/mol. The normalized spacial score (nSPS) is 12.6. The van der Waals surface area contributed by atoms with Crippen LogP contribution in [0.3, 0.4) is 0 Å². The van der Waals surface area contributed by atoms with Crippen LogP contribution in [0, 0.1) is 11.6 Å². The van der Waals surface area contributed by atoms with Crippen LogP contribution in [-0.2, 0) is 32.8 Å². The Morgan fingerprint density at radius 2 is 1.44 bits per heavy atom. The lowest BCUT2D eigenvalue weighted by molar-refractivity contribution is -0.140. The molecule has 2 amide bonds. The fourth-order valence-corrected chi connectivity index (χ4v) is 5.21. The van der Waals surface area contributed by atoms with Gasteiger partial charge in [-0.15, -0.1) is 0 Å². The van der Waals surface area contributed by atoms with E-state index in [4.69, 9.17) is 0 Å². The van der Waals surface area contributed by atoms with Crippen LogP contribution < -0.4 is 9.62 Å². The maximum absolute atomic E-state index is 14.9. The number of benzene rings is 3. The molecular weight excluding hydrogens is 550 g/mol. The van der Waals surface area contributed by atoms with E-state index in [-0.39, 0.29) is 18.7 Å². The summed E-state index contributed by atoms with van der Waals surface area (Å²) in [5.74, 6) is -2.50. The van der Waals surface area contributed by atoms with Crippen LogP contribution in [0.5, 0.6) is 0 Å². The quantitative estimate of drug-likeness (QED) is 0.366. The first-order valence-corrected chi connectivity index (χ1v) is 14.4. The number of nitrogens with one attached hydrogen (secondary N) is 1. The molecule has 0 fully saturated rings. The lowest BCUT2D eigenvalue weighted by Crippen LogP contribution is -2.56. The Balaban J connectivity index is 2.12. The first kappa shape index (κ1) is 31.7. The molecule has 1 N–H and O–H groups in total. The highest BCUT2D eigenvalue weighted by Crippen LogP contribution is 2.24. The van der Waals surface area contributed by atoms with Crippen molar-refractivity contribution >= 4 is 27.7 Å². The van der Waals surface area contributed by atoms with Gasteiger partial charge in [-0.1, -0.05) is 54.6 Å². The summed E-state index contributed by atoms with van der Waals surface area (Å²) in [6.07, 6.45) is 0.121. The van der Waals surface area contributed by atoms with E-state index in [1.807, 2.05) is 30.3 Å². The predicted octanol–water partition coefficient (Wildman–Crippen LogP) is 4.13. The molecule has 0 aliphatic carbocycles. The number of amides is 2. The summed E-state index contributed by atoms with van der Waals surface area (Å²) in [5, 5.41) is 2.92. The van der Waals surface area contributed by atoms with E-state index in [9.17, 15) is 26.8 Å². The van der Waals surface area contributed by atoms with E-state index >= 15 is 0 Å². The van der Waals surface area contributed by atoms with Crippen molar-refractivity contribution < 1.29 is 26.8 Å². The molecular formula is C30H36F2N4O4S. The van der Waals surface area contributed by atoms with E-state index < -0.39 is 51.8 Å². The van der Waals surface area contributed by atoms with Crippen molar-refractivity contribution in [3.8, 4) is 0 Å². The van der Waals surface area contributed by atoms with Gasteiger partial charge in [-0.25, -0.2) is 13.1 Å². The topological polar surface area (TPSA) is 90.0 Å². The Kier molecular flexibility index (Phi) is 10.2. The number of carbonyl (C=O) groups excluding carboxylic acids is 2. The average Bonchev–Trinajstić information content (AvgIpc) is 2.90. The van der Waals surface area contributed by atoms with Crippen molar-refractivity contribution in [1.29, 1.82) is 0 Å². The van der Waals surface area contributed by atoms with Gasteiger partial charge in [0.1, 0.15) is 24.2 Å². The summed E-state index contributed by atoms with van der Waals surface area (Å²) in [5.41, 5.74) is 0.346. The summed E-state index contributed by atoms with van der Waals surface area (Å²) in [7, 11) is -1.77. The SMILES string of the molecule is CN(C)S(=O)(=O)N(CC(=O)N(Cc1ccc(F)cc1)C(Cc1ccccc1)C(=O)NC(C)(C)C)c1ccccc1F. The molecule has 0 bridgehead atoms. The number of nitrogens with zero attached hydrogens (tertiary/aromatic N) is 3. The molecule has 11 heteroatoms. The zero-order valence-electron chi connectivity index (χ0n) is 23.8. The van der Waals surface area contributed by atoms with Crippen LogP contribution in [0.15, 0.2) is 78.9 Å². The maximum atomic E-state index is 14.9. The summed E-state index contributed by atoms with van der Waals surface area (Å²) in [4.78, 5) is 29.1. The molecule has 0 heterocycles. The molecule has 3 aromatic carbocycles. The molecule has 220 valence electrons. The average molecular weight is 587 g/mol. The Bertz CT molecular complexity index is 1440. The zero-order valence-corrected chi connectivity index (χ0v) is 24.7. The molecule has 8 nitrogen and oxygen atoms in total. The van der Waals surface area contributed by atoms with Crippen LogP contribution in [0.1, 0.15) is 31.9 Å². The maximum Gasteiger partial charge on any atom is 0.304 e. The molecule has 1 unspecified atom stereocenters. The summed E-state index contributed by atoms with van der Waals surface area (Å²) >= 11 is 0. The van der Waals surface area contributed by atoms with Crippen molar-refractivity contribution in [3.05, 3.63) is 102 Å². The van der Waals surface area contributed by atoms with E-state index in [2.05, 4.69) is 5.32 Å². The van der Waals surface area contributed by atoms with E-state index in [0.717, 1.165) is 15.9 Å². The lowest BCUT2D eigenvalue weighted by atomic mass is 10.0. The number of carbonyl (C=O) groups is 2. The molecule has 0 saturated heterocycles. The number of para-hydroxylation sites is 1. The van der Waals surface area contributed by atoms with Crippen LogP contribution in [0.4, 0.5) is 14.5 Å². The fraction of sp³-hybridized carbons (Fsp3) is 0.333. The smallest absolute Gasteiger partial charge is 0.304 e. The van der Waals surface area contributed by atoms with Crippen LogP contribution in [0.2, 0.25) is 0 Å². The lowest BCUT2D eigenvalue weighted by Gasteiger charge is -2.35. The van der Waals surface area contributed by atoms with Crippen molar-refractivity contribution in [1.82, 2.24) is 14.5 Å². The van der Waals surface area contributed by atoms with Gasteiger partial charge in [-0.3, -0.25) is 9.59 Å². The molecule has 3 rings (SSSR count). The Labute approximate surface area is 240 Å². The minimum Gasteiger partial charge on any atom is -0.350 e. The standard InChI is InChI=1S/C30H36F2N4O4S/c1-30(2,3)33-29(38)27(19-22-11-7-6-8-12-22)35(20-23-15-17-24(31)18-16-23)28(37)21-36(41(39,40)34(4)5)26-14-10-9-13-25(26)32/h6-18,27H,19-21H2,1-5H3,(H,33,38). The molecule has 0 aliphatic heterocycles. The van der Waals surface area contributed by atoms with Crippen molar-refractivity contribution in [3.63, 3.8) is 0 Å². The number of rotatable bonds is 11. The van der Waals surface area contributed by atoms with Crippen LogP contribution in [0.25, 0.3) is 0 Å². The summed E-state index contributed by atoms with van der Waals surface area (Å²) < 4.78 is 56.8. The number of halogens is 2. The van der Waals surface area contributed by atoms with Crippen molar-refractivity contribution in [2.24, 2.45) is 0 Å². The van der Waals surface area contributed by atoms with Gasteiger partial charge in [0.25, 0.3) is 0 Å². The molecule has 0 spiro atoms. The van der Waals surface area contributed by atoms with Crippen molar-refractivity contribution in [2.45, 2.75) is 45.3 Å². The van der Waals surface area contributed by atoms with E-state index in [1.165, 1.54) is 61.5 Å². The van der Waals surface area contributed by atoms with E-state index in [1.54, 1.807) is 20.8 Å². The first-order valence-electron chi connectivity index (χ1n) is 13.0. The second-order valence-electron chi connectivity index (χ2n) is 10.8. The molecule has 1 atom stereocenters. The van der Waals surface area contributed by atoms with Gasteiger partial charge in [-0.05, 0) is 56.2 Å². The second-order valence-corrected chi connectivity index (χ2v) is 12.9. The third-order valence-electron chi connectivity index (χ3n) is 6.18. The number of anilines is 1. The van der Waals surface area contributed by atoms with Gasteiger partial charge in [0, 0.05) is 32.6 Å². The fourth-order valence-electron chi connectivity index (χ4n) is 4.15. The predicted molar refractivity (Wildman–Crippen MR) is 155 cm³/mol. The van der Waals surface area contributed by atoms with Gasteiger partial charge < -0.3 is 10.2 Å². The molecule has 0 aromatic heterocycles. The Hall–Kier alpha value is -3.83. The molecule has 3 aromatic rings. The highest BCUT2D eigenvalue weighted by Gasteiger charge is 2.36. The van der Waals surface area contributed by atoms with Crippen LogP contribution >= 0.6 is 0 Å². The third-order valence-corrected chi connectivity index (χ3v) is 7.98. The largest absolute Gasteiger partial charge is 0.350 e. The van der Waals surface area contributed by atoms with E-state index in [0.29, 0.717) is 9.87 Å². The highest BCUT2D eigenvalue weighted by molar-refractivity contribution is 7.90. The third kappa shape index (κ3) is 8.58. The molecule has 0 saturated carbocycles.